The van der Waals surface area contributed by atoms with Crippen LogP contribution in [-0.2, 0) is 26.0 Å². The fourth-order valence-electron chi connectivity index (χ4n) is 2.55. The summed E-state index contributed by atoms with van der Waals surface area (Å²) >= 11 is 0. The molecule has 1 aliphatic rings. The molecule has 0 spiro atoms. The molecule has 1 aromatic carbocycles. The molecule has 1 aliphatic carbocycles. The molecule has 116 valence electrons. The van der Waals surface area contributed by atoms with Crippen LogP contribution in [0.2, 0.25) is 0 Å². The quantitative estimate of drug-likeness (QED) is 0.841. The minimum absolute atomic E-state index is 0.0533. The second kappa shape index (κ2) is 6.44. The molecule has 1 atom stereocenters. The number of carbonyl (C=O) groups excluding carboxylic acids is 1. The van der Waals surface area contributed by atoms with Crippen LogP contribution >= 0.6 is 0 Å². The Morgan fingerprint density at radius 3 is 2.81 bits per heavy atom. The van der Waals surface area contributed by atoms with Gasteiger partial charge in [-0.2, -0.15) is 0 Å². The number of sulfonamides is 1. The molecule has 0 aliphatic heterocycles. The molecule has 1 N–H and O–H groups in total. The number of methoxy groups -OCH3 is 2. The minimum atomic E-state index is -3.65. The van der Waals surface area contributed by atoms with Gasteiger partial charge < -0.3 is 9.47 Å². The van der Waals surface area contributed by atoms with Gasteiger partial charge >= 0.3 is 0 Å². The van der Waals surface area contributed by atoms with E-state index in [4.69, 9.17) is 9.47 Å². The summed E-state index contributed by atoms with van der Waals surface area (Å²) in [5.41, 5.74) is 1.82. The van der Waals surface area contributed by atoms with Crippen LogP contribution in [-0.4, -0.2) is 40.9 Å². The van der Waals surface area contributed by atoms with Crippen LogP contribution in [0.5, 0.6) is 5.75 Å². The van der Waals surface area contributed by atoms with Gasteiger partial charge in [0.2, 0.25) is 15.9 Å². The van der Waals surface area contributed by atoms with E-state index in [1.54, 1.807) is 7.11 Å². The molecule has 1 amide bonds. The number of fused-ring (bicyclic) bond motifs is 1. The van der Waals surface area contributed by atoms with Crippen molar-refractivity contribution in [3.8, 4) is 5.75 Å². The van der Waals surface area contributed by atoms with Crippen molar-refractivity contribution in [3.63, 3.8) is 0 Å². The molecule has 0 radical (unpaired) electrons. The van der Waals surface area contributed by atoms with E-state index in [1.165, 1.54) is 7.11 Å². The van der Waals surface area contributed by atoms with Gasteiger partial charge in [0.05, 0.1) is 25.4 Å². The SMILES string of the molecule is COCCS(=O)(=O)NC(=O)C1CCc2c(OC)cccc21. The standard InChI is InChI=1S/C14H19NO5S/c1-19-8-9-21(17,18)15-14(16)12-7-6-11-10(12)4-3-5-13(11)20-2/h3-5,12H,6-9H2,1-2H3,(H,15,16). The number of carbonyl (C=O) groups is 1. The first kappa shape index (κ1) is 15.8. The fraction of sp³-hybridized carbons (Fsp3) is 0.500. The van der Waals surface area contributed by atoms with E-state index in [0.717, 1.165) is 16.9 Å². The first-order valence-corrected chi connectivity index (χ1v) is 8.32. The van der Waals surface area contributed by atoms with Crippen LogP contribution in [0, 0.1) is 0 Å². The highest BCUT2D eigenvalue weighted by atomic mass is 32.2. The van der Waals surface area contributed by atoms with Gasteiger partial charge in [0.15, 0.2) is 0 Å². The lowest BCUT2D eigenvalue weighted by Crippen LogP contribution is -2.36. The molecule has 0 aromatic heterocycles. The fourth-order valence-corrected chi connectivity index (χ4v) is 3.49. The Balaban J connectivity index is 2.14. The first-order chi connectivity index (χ1) is 9.98. The molecule has 21 heavy (non-hydrogen) atoms. The zero-order chi connectivity index (χ0) is 15.5. The average Bonchev–Trinajstić information content (AvgIpc) is 2.88. The van der Waals surface area contributed by atoms with Crippen LogP contribution < -0.4 is 9.46 Å². The van der Waals surface area contributed by atoms with Crippen molar-refractivity contribution in [1.29, 1.82) is 0 Å². The van der Waals surface area contributed by atoms with Crippen molar-refractivity contribution in [2.75, 3.05) is 26.6 Å². The second-order valence-corrected chi connectivity index (χ2v) is 6.74. The number of nitrogens with one attached hydrogen (secondary N) is 1. The van der Waals surface area contributed by atoms with Crippen LogP contribution in [0.25, 0.3) is 0 Å². The number of benzene rings is 1. The predicted molar refractivity (Wildman–Crippen MR) is 77.9 cm³/mol. The predicted octanol–water partition coefficient (Wildman–Crippen LogP) is 0.817. The van der Waals surface area contributed by atoms with E-state index in [2.05, 4.69) is 4.72 Å². The van der Waals surface area contributed by atoms with Crippen LogP contribution in [0.1, 0.15) is 23.5 Å². The molecule has 0 bridgehead atoms. The van der Waals surface area contributed by atoms with Crippen LogP contribution in [0.15, 0.2) is 18.2 Å². The van der Waals surface area contributed by atoms with Crippen LogP contribution in [0.4, 0.5) is 0 Å². The molecule has 0 fully saturated rings. The molecule has 7 heteroatoms. The minimum Gasteiger partial charge on any atom is -0.496 e. The Hall–Kier alpha value is -1.60. The lowest BCUT2D eigenvalue weighted by molar-refractivity contribution is -0.120. The Morgan fingerprint density at radius 1 is 1.38 bits per heavy atom. The van der Waals surface area contributed by atoms with Gasteiger partial charge in [-0.25, -0.2) is 8.42 Å². The Morgan fingerprint density at radius 2 is 2.14 bits per heavy atom. The average molecular weight is 313 g/mol. The smallest absolute Gasteiger partial charge is 0.240 e. The highest BCUT2D eigenvalue weighted by molar-refractivity contribution is 7.90. The number of ether oxygens (including phenoxy) is 2. The monoisotopic (exact) mass is 313 g/mol. The summed E-state index contributed by atoms with van der Waals surface area (Å²) in [6.07, 6.45) is 1.29. The topological polar surface area (TPSA) is 81.7 Å². The number of amides is 1. The van der Waals surface area contributed by atoms with Gasteiger partial charge in [-0.15, -0.1) is 0 Å². The zero-order valence-electron chi connectivity index (χ0n) is 12.1. The summed E-state index contributed by atoms with van der Waals surface area (Å²) < 4.78 is 35.6. The maximum atomic E-state index is 12.2. The maximum absolute atomic E-state index is 12.2. The number of hydrogen-bond acceptors (Lipinski definition) is 5. The normalized spacial score (nSPS) is 17.3. The van der Waals surface area contributed by atoms with Gasteiger partial charge in [0, 0.05) is 7.11 Å². The molecule has 0 heterocycles. The van der Waals surface area contributed by atoms with Crippen molar-refractivity contribution in [1.82, 2.24) is 4.72 Å². The molecule has 1 unspecified atom stereocenters. The number of rotatable bonds is 6. The van der Waals surface area contributed by atoms with E-state index < -0.39 is 21.8 Å². The van der Waals surface area contributed by atoms with Gasteiger partial charge in [-0.1, -0.05) is 12.1 Å². The third-order valence-corrected chi connectivity index (χ3v) is 4.79. The molecule has 0 saturated heterocycles. The highest BCUT2D eigenvalue weighted by Gasteiger charge is 2.32. The maximum Gasteiger partial charge on any atom is 0.240 e. The molecular formula is C14H19NO5S. The largest absolute Gasteiger partial charge is 0.496 e. The van der Waals surface area contributed by atoms with Gasteiger partial charge in [0.1, 0.15) is 5.75 Å². The van der Waals surface area contributed by atoms with E-state index >= 15 is 0 Å². The summed E-state index contributed by atoms with van der Waals surface area (Å²) in [5.74, 6) is -0.428. The van der Waals surface area contributed by atoms with E-state index in [9.17, 15) is 13.2 Å². The van der Waals surface area contributed by atoms with Crippen LogP contribution in [0.3, 0.4) is 0 Å². The molecule has 1 aromatic rings. The Bertz CT molecular complexity index is 626. The van der Waals surface area contributed by atoms with Crippen molar-refractivity contribution in [3.05, 3.63) is 29.3 Å². The lowest BCUT2D eigenvalue weighted by Gasteiger charge is -2.13. The summed E-state index contributed by atoms with van der Waals surface area (Å²) in [7, 11) is -0.659. The molecule has 0 saturated carbocycles. The lowest BCUT2D eigenvalue weighted by atomic mass is 10.0. The van der Waals surface area contributed by atoms with Gasteiger partial charge in [0.25, 0.3) is 0 Å². The summed E-state index contributed by atoms with van der Waals surface area (Å²) in [6.45, 7) is 0.0533. The van der Waals surface area contributed by atoms with Gasteiger partial charge in [-0.05, 0) is 30.0 Å². The van der Waals surface area contributed by atoms with Gasteiger partial charge in [-0.3, -0.25) is 9.52 Å². The number of hydrogen-bond donors (Lipinski definition) is 1. The third kappa shape index (κ3) is 3.54. The Labute approximate surface area is 124 Å². The van der Waals surface area contributed by atoms with Crippen molar-refractivity contribution in [2.45, 2.75) is 18.8 Å². The van der Waals surface area contributed by atoms with Crippen molar-refractivity contribution in [2.24, 2.45) is 0 Å². The molecule has 2 rings (SSSR count). The van der Waals surface area contributed by atoms with Crippen molar-refractivity contribution < 1.29 is 22.7 Å². The summed E-state index contributed by atoms with van der Waals surface area (Å²) in [6, 6.07) is 5.49. The highest BCUT2D eigenvalue weighted by Crippen LogP contribution is 2.38. The molecule has 6 nitrogen and oxygen atoms in total. The Kier molecular flexibility index (Phi) is 4.84. The first-order valence-electron chi connectivity index (χ1n) is 6.67. The summed E-state index contributed by atoms with van der Waals surface area (Å²) in [4.78, 5) is 12.2. The third-order valence-electron chi connectivity index (χ3n) is 3.58. The molecular weight excluding hydrogens is 294 g/mol. The van der Waals surface area contributed by atoms with Crippen molar-refractivity contribution >= 4 is 15.9 Å². The van der Waals surface area contributed by atoms with E-state index in [1.807, 2.05) is 18.2 Å². The second-order valence-electron chi connectivity index (χ2n) is 4.90. The zero-order valence-corrected chi connectivity index (χ0v) is 12.9. The summed E-state index contributed by atoms with van der Waals surface area (Å²) in [5, 5.41) is 0. The van der Waals surface area contributed by atoms with E-state index in [-0.39, 0.29) is 12.4 Å². The van der Waals surface area contributed by atoms with E-state index in [0.29, 0.717) is 12.8 Å².